The van der Waals surface area contributed by atoms with Crippen LogP contribution in [0, 0.1) is 0 Å². The van der Waals surface area contributed by atoms with Crippen LogP contribution in [-0.2, 0) is 14.3 Å². The Balaban J connectivity index is 1.18. The lowest BCUT2D eigenvalue weighted by molar-refractivity contribution is -0.118. The van der Waals surface area contributed by atoms with E-state index in [-0.39, 0.29) is 36.4 Å². The van der Waals surface area contributed by atoms with Crippen molar-refractivity contribution >= 4 is 34.8 Å². The summed E-state index contributed by atoms with van der Waals surface area (Å²) >= 11 is 0. The molecule has 0 aliphatic carbocycles. The Morgan fingerprint density at radius 2 is 1.75 bits per heavy atom. The second-order valence-electron chi connectivity index (χ2n) is 10.3. The molecule has 3 aliphatic rings. The first-order valence-electron chi connectivity index (χ1n) is 12.8. The van der Waals surface area contributed by atoms with Crippen LogP contribution in [0.15, 0.2) is 48.5 Å². The van der Waals surface area contributed by atoms with Gasteiger partial charge in [-0.15, -0.1) is 0 Å². The Hall–Kier alpha value is -3.39. The van der Waals surface area contributed by atoms with Gasteiger partial charge >= 0.3 is 0 Å². The molecule has 8 nitrogen and oxygen atoms in total. The van der Waals surface area contributed by atoms with E-state index >= 15 is 0 Å². The van der Waals surface area contributed by atoms with E-state index < -0.39 is 5.66 Å². The normalized spacial score (nSPS) is 25.6. The minimum absolute atomic E-state index is 0.0321. The van der Waals surface area contributed by atoms with E-state index in [0.29, 0.717) is 37.1 Å². The van der Waals surface area contributed by atoms with Gasteiger partial charge in [-0.1, -0.05) is 12.1 Å². The Bertz CT molecular complexity index is 1160. The van der Waals surface area contributed by atoms with Gasteiger partial charge in [0.2, 0.25) is 11.8 Å². The number of amides is 3. The van der Waals surface area contributed by atoms with Gasteiger partial charge in [0.25, 0.3) is 5.91 Å². The molecule has 8 heteroatoms. The number of hydrogen-bond acceptors (Lipinski definition) is 5. The lowest BCUT2D eigenvalue weighted by Crippen LogP contribution is -2.62. The van der Waals surface area contributed by atoms with Crippen molar-refractivity contribution in [2.24, 2.45) is 0 Å². The fraction of sp³-hybridized carbons (Fsp3) is 0.464. The molecule has 2 aromatic carbocycles. The second-order valence-corrected chi connectivity index (χ2v) is 10.3. The number of para-hydroxylation sites is 1. The molecule has 1 N–H and O–H groups in total. The third-order valence-corrected chi connectivity index (χ3v) is 7.47. The van der Waals surface area contributed by atoms with E-state index in [4.69, 9.17) is 4.74 Å². The summed E-state index contributed by atoms with van der Waals surface area (Å²) in [5.41, 5.74) is 2.40. The topological polar surface area (TPSA) is 82.2 Å². The molecule has 0 saturated carbocycles. The summed E-state index contributed by atoms with van der Waals surface area (Å²) in [6.07, 6.45) is 2.17. The SMILES string of the molecule is CC1CN(c2ccc(NC(=O)CCCN3C(=O)c4ccccc4N4C(=O)CCC34C)cc2)CC(C)O1. The van der Waals surface area contributed by atoms with Crippen molar-refractivity contribution in [1.29, 1.82) is 0 Å². The molecule has 2 fully saturated rings. The zero-order valence-corrected chi connectivity index (χ0v) is 21.2. The van der Waals surface area contributed by atoms with Crippen LogP contribution < -0.4 is 15.1 Å². The average molecular weight is 491 g/mol. The monoisotopic (exact) mass is 490 g/mol. The first-order valence-corrected chi connectivity index (χ1v) is 12.8. The number of anilines is 3. The van der Waals surface area contributed by atoms with Crippen molar-refractivity contribution in [2.45, 2.75) is 64.3 Å². The zero-order chi connectivity index (χ0) is 25.4. The molecule has 190 valence electrons. The number of benzene rings is 2. The number of carbonyl (C=O) groups excluding carboxylic acids is 3. The van der Waals surface area contributed by atoms with Gasteiger partial charge < -0.3 is 19.9 Å². The highest BCUT2D eigenvalue weighted by Crippen LogP contribution is 2.44. The van der Waals surface area contributed by atoms with Gasteiger partial charge in [0.1, 0.15) is 5.66 Å². The molecule has 0 aromatic heterocycles. The maximum Gasteiger partial charge on any atom is 0.257 e. The number of nitrogens with one attached hydrogen (secondary N) is 1. The molecule has 36 heavy (non-hydrogen) atoms. The largest absolute Gasteiger partial charge is 0.372 e. The highest BCUT2D eigenvalue weighted by Gasteiger charge is 2.52. The molecule has 3 unspecified atom stereocenters. The van der Waals surface area contributed by atoms with Gasteiger partial charge in [-0.3, -0.25) is 19.3 Å². The number of carbonyl (C=O) groups is 3. The van der Waals surface area contributed by atoms with Gasteiger partial charge in [0.05, 0.1) is 23.5 Å². The number of rotatable bonds is 6. The average Bonchev–Trinajstić information content (AvgIpc) is 3.16. The molecule has 3 atom stereocenters. The number of fused-ring (bicyclic) bond motifs is 3. The van der Waals surface area contributed by atoms with Crippen molar-refractivity contribution in [3.8, 4) is 0 Å². The zero-order valence-electron chi connectivity index (χ0n) is 21.2. The molecule has 0 radical (unpaired) electrons. The first kappa shape index (κ1) is 24.3. The number of nitrogens with zero attached hydrogens (tertiary/aromatic N) is 3. The van der Waals surface area contributed by atoms with Crippen LogP contribution in [0.5, 0.6) is 0 Å². The van der Waals surface area contributed by atoms with Crippen molar-refractivity contribution in [1.82, 2.24) is 4.90 Å². The van der Waals surface area contributed by atoms with Gasteiger partial charge in [-0.2, -0.15) is 0 Å². The lowest BCUT2D eigenvalue weighted by atomic mass is 9.98. The van der Waals surface area contributed by atoms with E-state index in [1.807, 2.05) is 49.4 Å². The molecular weight excluding hydrogens is 456 g/mol. The van der Waals surface area contributed by atoms with Crippen molar-refractivity contribution in [3.63, 3.8) is 0 Å². The van der Waals surface area contributed by atoms with Crippen molar-refractivity contribution in [3.05, 3.63) is 54.1 Å². The van der Waals surface area contributed by atoms with Crippen LogP contribution in [0.1, 0.15) is 56.8 Å². The maximum absolute atomic E-state index is 13.3. The van der Waals surface area contributed by atoms with Gasteiger partial charge in [-0.05, 0) is 70.0 Å². The third-order valence-electron chi connectivity index (χ3n) is 7.47. The molecular formula is C28H34N4O4. The molecule has 2 saturated heterocycles. The first-order chi connectivity index (χ1) is 17.3. The van der Waals surface area contributed by atoms with Crippen LogP contribution in [0.2, 0.25) is 0 Å². The van der Waals surface area contributed by atoms with E-state index in [2.05, 4.69) is 24.1 Å². The Labute approximate surface area is 212 Å². The number of ether oxygens (including phenoxy) is 1. The summed E-state index contributed by atoms with van der Waals surface area (Å²) < 4.78 is 5.81. The Morgan fingerprint density at radius 1 is 1.06 bits per heavy atom. The minimum Gasteiger partial charge on any atom is -0.372 e. The summed E-state index contributed by atoms with van der Waals surface area (Å²) in [6, 6.07) is 15.2. The van der Waals surface area contributed by atoms with E-state index in [0.717, 1.165) is 24.5 Å². The van der Waals surface area contributed by atoms with Gasteiger partial charge in [0, 0.05) is 43.9 Å². The Morgan fingerprint density at radius 3 is 2.47 bits per heavy atom. The fourth-order valence-corrected chi connectivity index (χ4v) is 5.81. The smallest absolute Gasteiger partial charge is 0.257 e. The Kier molecular flexibility index (Phi) is 6.47. The molecule has 3 amide bonds. The van der Waals surface area contributed by atoms with Gasteiger partial charge in [-0.25, -0.2) is 0 Å². The standard InChI is InChI=1S/C28H34N4O4/c1-19-17-30(18-20(2)36-19)22-12-10-21(11-13-22)29-25(33)9-6-16-31-27(35)23-7-4-5-8-24(23)32-26(34)14-15-28(31,32)3/h4-5,7-8,10-13,19-20H,6,9,14-18H2,1-3H3,(H,29,33). The van der Waals surface area contributed by atoms with E-state index in [9.17, 15) is 14.4 Å². The van der Waals surface area contributed by atoms with Crippen molar-refractivity contribution in [2.75, 3.05) is 34.8 Å². The predicted octanol–water partition coefficient (Wildman–Crippen LogP) is 4.02. The lowest BCUT2D eigenvalue weighted by Gasteiger charge is -2.48. The molecule has 0 bridgehead atoms. The highest BCUT2D eigenvalue weighted by molar-refractivity contribution is 6.10. The van der Waals surface area contributed by atoms with Crippen LogP contribution in [0.4, 0.5) is 17.1 Å². The molecule has 3 heterocycles. The number of morpholine rings is 1. The predicted molar refractivity (Wildman–Crippen MR) is 139 cm³/mol. The number of hydrogen-bond donors (Lipinski definition) is 1. The van der Waals surface area contributed by atoms with Crippen LogP contribution in [0.3, 0.4) is 0 Å². The maximum atomic E-state index is 13.3. The summed E-state index contributed by atoms with van der Waals surface area (Å²) in [5.74, 6) is -0.142. The second kappa shape index (κ2) is 9.58. The third kappa shape index (κ3) is 4.46. The van der Waals surface area contributed by atoms with Crippen LogP contribution in [-0.4, -0.2) is 60.1 Å². The summed E-state index contributed by atoms with van der Waals surface area (Å²) in [6.45, 7) is 8.21. The highest BCUT2D eigenvalue weighted by atomic mass is 16.5. The fourth-order valence-electron chi connectivity index (χ4n) is 5.81. The summed E-state index contributed by atoms with van der Waals surface area (Å²) in [5, 5.41) is 2.97. The van der Waals surface area contributed by atoms with Gasteiger partial charge in [0.15, 0.2) is 0 Å². The summed E-state index contributed by atoms with van der Waals surface area (Å²) in [7, 11) is 0. The molecule has 0 spiro atoms. The molecule has 2 aromatic rings. The van der Waals surface area contributed by atoms with E-state index in [1.165, 1.54) is 0 Å². The summed E-state index contributed by atoms with van der Waals surface area (Å²) in [4.78, 5) is 44.5. The van der Waals surface area contributed by atoms with Crippen molar-refractivity contribution < 1.29 is 19.1 Å². The van der Waals surface area contributed by atoms with Crippen LogP contribution in [0.25, 0.3) is 0 Å². The molecule has 5 rings (SSSR count). The quantitative estimate of drug-likeness (QED) is 0.662. The molecule has 3 aliphatic heterocycles. The van der Waals surface area contributed by atoms with Crippen LogP contribution >= 0.6 is 0 Å². The minimum atomic E-state index is -0.691. The van der Waals surface area contributed by atoms with E-state index in [1.54, 1.807) is 15.9 Å².